The van der Waals surface area contributed by atoms with E-state index in [1.165, 1.54) is 12.8 Å². The van der Waals surface area contributed by atoms with Gasteiger partial charge in [0.05, 0.1) is 12.6 Å². The maximum absolute atomic E-state index is 5.70. The first kappa shape index (κ1) is 11.5. The molecule has 0 spiro atoms. The van der Waals surface area contributed by atoms with Gasteiger partial charge in [-0.1, -0.05) is 6.92 Å². The van der Waals surface area contributed by atoms with Crippen LogP contribution in [0.2, 0.25) is 0 Å². The molecule has 0 aliphatic carbocycles. The number of aryl methyl sites for hydroxylation is 1. The highest BCUT2D eigenvalue weighted by molar-refractivity contribution is 4.87. The quantitative estimate of drug-likeness (QED) is 0.806. The van der Waals surface area contributed by atoms with Crippen LogP contribution in [0.5, 0.6) is 0 Å². The van der Waals surface area contributed by atoms with Gasteiger partial charge in [0.25, 0.3) is 0 Å². The van der Waals surface area contributed by atoms with Crippen molar-refractivity contribution in [2.24, 2.45) is 7.05 Å². The topological polar surface area (TPSA) is 52.0 Å². The SMILES string of the molecule is CC[C@H](NCc1nncn1C)[C@@H]1CCCO1. The van der Waals surface area contributed by atoms with Crippen LogP contribution in [0, 0.1) is 0 Å². The number of nitrogens with zero attached hydrogens (tertiary/aromatic N) is 3. The highest BCUT2D eigenvalue weighted by Gasteiger charge is 2.24. The Morgan fingerprint density at radius 3 is 3.12 bits per heavy atom. The van der Waals surface area contributed by atoms with Gasteiger partial charge in [-0.3, -0.25) is 0 Å². The summed E-state index contributed by atoms with van der Waals surface area (Å²) in [5, 5.41) is 11.4. The number of aromatic nitrogens is 3. The molecular formula is C11H20N4O. The van der Waals surface area contributed by atoms with Crippen molar-refractivity contribution in [3.05, 3.63) is 12.2 Å². The Morgan fingerprint density at radius 1 is 1.69 bits per heavy atom. The van der Waals surface area contributed by atoms with Crippen LogP contribution in [0.4, 0.5) is 0 Å². The summed E-state index contributed by atoms with van der Waals surface area (Å²) in [5.41, 5.74) is 0. The van der Waals surface area contributed by atoms with E-state index < -0.39 is 0 Å². The zero-order valence-electron chi connectivity index (χ0n) is 10.0. The first-order valence-electron chi connectivity index (χ1n) is 5.99. The largest absolute Gasteiger partial charge is 0.377 e. The summed E-state index contributed by atoms with van der Waals surface area (Å²) in [5.74, 6) is 0.969. The van der Waals surface area contributed by atoms with Crippen molar-refractivity contribution in [3.8, 4) is 0 Å². The minimum Gasteiger partial charge on any atom is -0.377 e. The molecule has 1 aliphatic rings. The molecule has 0 radical (unpaired) electrons. The van der Waals surface area contributed by atoms with Gasteiger partial charge >= 0.3 is 0 Å². The highest BCUT2D eigenvalue weighted by atomic mass is 16.5. The van der Waals surface area contributed by atoms with Crippen molar-refractivity contribution >= 4 is 0 Å². The molecule has 1 N–H and O–H groups in total. The lowest BCUT2D eigenvalue weighted by molar-refractivity contribution is 0.0761. The zero-order valence-corrected chi connectivity index (χ0v) is 10.0. The average Bonchev–Trinajstić information content (AvgIpc) is 2.92. The number of nitrogens with one attached hydrogen (secondary N) is 1. The van der Waals surface area contributed by atoms with Gasteiger partial charge in [-0.05, 0) is 19.3 Å². The maximum atomic E-state index is 5.70. The lowest BCUT2D eigenvalue weighted by Crippen LogP contribution is -2.39. The molecule has 0 saturated carbocycles. The first-order chi connectivity index (χ1) is 7.81. The second-order valence-electron chi connectivity index (χ2n) is 4.31. The van der Waals surface area contributed by atoms with Crippen molar-refractivity contribution in [2.75, 3.05) is 6.61 Å². The summed E-state index contributed by atoms with van der Waals surface area (Å²) in [7, 11) is 1.96. The predicted octanol–water partition coefficient (Wildman–Crippen LogP) is 0.862. The van der Waals surface area contributed by atoms with Crippen LogP contribution in [-0.2, 0) is 18.3 Å². The first-order valence-corrected chi connectivity index (χ1v) is 5.99. The molecule has 1 fully saturated rings. The molecule has 90 valence electrons. The average molecular weight is 224 g/mol. The standard InChI is InChI=1S/C11H20N4O/c1-3-9(10-5-4-6-16-10)12-7-11-14-13-8-15(11)2/h8-10,12H,3-7H2,1-2H3/t9-,10-/m0/s1. The van der Waals surface area contributed by atoms with E-state index in [-0.39, 0.29) is 0 Å². The monoisotopic (exact) mass is 224 g/mol. The number of hydrogen-bond donors (Lipinski definition) is 1. The molecule has 1 aliphatic heterocycles. The fourth-order valence-electron chi connectivity index (χ4n) is 2.15. The predicted molar refractivity (Wildman–Crippen MR) is 60.9 cm³/mol. The Labute approximate surface area is 96.2 Å². The third kappa shape index (κ3) is 2.59. The van der Waals surface area contributed by atoms with Crippen LogP contribution in [0.25, 0.3) is 0 Å². The van der Waals surface area contributed by atoms with E-state index in [9.17, 15) is 0 Å². The minimum absolute atomic E-state index is 0.373. The molecule has 16 heavy (non-hydrogen) atoms. The number of ether oxygens (including phenoxy) is 1. The van der Waals surface area contributed by atoms with Gasteiger partial charge in [0.2, 0.25) is 0 Å². The van der Waals surface area contributed by atoms with Crippen LogP contribution in [0.3, 0.4) is 0 Å². The van der Waals surface area contributed by atoms with E-state index in [2.05, 4.69) is 22.4 Å². The molecule has 0 bridgehead atoms. The Hall–Kier alpha value is -0.940. The Balaban J connectivity index is 1.85. The van der Waals surface area contributed by atoms with Gasteiger partial charge in [-0.15, -0.1) is 10.2 Å². The van der Waals surface area contributed by atoms with Gasteiger partial charge in [-0.25, -0.2) is 0 Å². The van der Waals surface area contributed by atoms with Gasteiger partial charge in [0.15, 0.2) is 0 Å². The van der Waals surface area contributed by atoms with E-state index in [1.807, 2.05) is 11.6 Å². The van der Waals surface area contributed by atoms with Gasteiger partial charge in [0, 0.05) is 19.7 Å². The Bertz CT molecular complexity index is 320. The number of rotatable bonds is 5. The van der Waals surface area contributed by atoms with Crippen molar-refractivity contribution in [2.45, 2.75) is 44.9 Å². The molecule has 2 rings (SSSR count). The molecule has 1 aromatic heterocycles. The molecule has 2 heterocycles. The van der Waals surface area contributed by atoms with E-state index in [1.54, 1.807) is 6.33 Å². The normalized spacial score (nSPS) is 22.5. The number of hydrogen-bond acceptors (Lipinski definition) is 4. The third-order valence-electron chi connectivity index (χ3n) is 3.18. The van der Waals surface area contributed by atoms with Crippen molar-refractivity contribution in [1.29, 1.82) is 0 Å². The molecule has 1 saturated heterocycles. The lowest BCUT2D eigenvalue weighted by Gasteiger charge is -2.22. The van der Waals surface area contributed by atoms with Gasteiger partial charge < -0.3 is 14.6 Å². The van der Waals surface area contributed by atoms with E-state index in [0.29, 0.717) is 12.1 Å². The molecule has 5 nitrogen and oxygen atoms in total. The van der Waals surface area contributed by atoms with E-state index in [0.717, 1.165) is 25.4 Å². The summed E-state index contributed by atoms with van der Waals surface area (Å²) >= 11 is 0. The fourth-order valence-corrected chi connectivity index (χ4v) is 2.15. The Kier molecular flexibility index (Phi) is 3.90. The van der Waals surface area contributed by atoms with Crippen LogP contribution in [0.15, 0.2) is 6.33 Å². The van der Waals surface area contributed by atoms with Gasteiger partial charge in [-0.2, -0.15) is 0 Å². The maximum Gasteiger partial charge on any atom is 0.146 e. The smallest absolute Gasteiger partial charge is 0.146 e. The van der Waals surface area contributed by atoms with E-state index in [4.69, 9.17) is 4.74 Å². The van der Waals surface area contributed by atoms with Crippen molar-refractivity contribution < 1.29 is 4.74 Å². The molecule has 0 amide bonds. The summed E-state index contributed by atoms with van der Waals surface area (Å²) in [6.45, 7) is 3.86. The third-order valence-corrected chi connectivity index (χ3v) is 3.18. The summed E-state index contributed by atoms with van der Waals surface area (Å²) in [4.78, 5) is 0. The van der Waals surface area contributed by atoms with Crippen LogP contribution in [0.1, 0.15) is 32.0 Å². The summed E-state index contributed by atoms with van der Waals surface area (Å²) in [6.07, 6.45) is 5.54. The second kappa shape index (κ2) is 5.41. The van der Waals surface area contributed by atoms with Crippen LogP contribution < -0.4 is 5.32 Å². The summed E-state index contributed by atoms with van der Waals surface area (Å²) < 4.78 is 7.64. The minimum atomic E-state index is 0.373. The molecule has 2 atom stereocenters. The highest BCUT2D eigenvalue weighted by Crippen LogP contribution is 2.17. The van der Waals surface area contributed by atoms with E-state index >= 15 is 0 Å². The summed E-state index contributed by atoms with van der Waals surface area (Å²) in [6, 6.07) is 0.430. The molecule has 1 aromatic rings. The van der Waals surface area contributed by atoms with Crippen LogP contribution in [-0.4, -0.2) is 33.5 Å². The second-order valence-corrected chi connectivity index (χ2v) is 4.31. The fraction of sp³-hybridized carbons (Fsp3) is 0.818. The zero-order chi connectivity index (χ0) is 11.4. The van der Waals surface area contributed by atoms with Gasteiger partial charge in [0.1, 0.15) is 12.2 Å². The molecular weight excluding hydrogens is 204 g/mol. The van der Waals surface area contributed by atoms with Crippen molar-refractivity contribution in [3.63, 3.8) is 0 Å². The molecule has 5 heteroatoms. The lowest BCUT2D eigenvalue weighted by atomic mass is 10.1. The molecule has 0 unspecified atom stereocenters. The van der Waals surface area contributed by atoms with Crippen LogP contribution >= 0.6 is 0 Å². The molecule has 0 aromatic carbocycles. The Morgan fingerprint density at radius 2 is 2.56 bits per heavy atom. The van der Waals surface area contributed by atoms with Crippen molar-refractivity contribution in [1.82, 2.24) is 20.1 Å².